The van der Waals surface area contributed by atoms with Gasteiger partial charge in [0, 0.05) is 19.7 Å². The van der Waals surface area contributed by atoms with Crippen molar-refractivity contribution in [1.29, 1.82) is 0 Å². The fourth-order valence-corrected chi connectivity index (χ4v) is 3.31. The topological polar surface area (TPSA) is 38.1 Å². The first-order valence-corrected chi connectivity index (χ1v) is 8.75. The van der Waals surface area contributed by atoms with Gasteiger partial charge >= 0.3 is 0 Å². The van der Waals surface area contributed by atoms with Crippen molar-refractivity contribution in [3.63, 3.8) is 0 Å². The molecule has 2 aromatic carbocycles. The summed E-state index contributed by atoms with van der Waals surface area (Å²) in [5.74, 6) is 0. The lowest BCUT2D eigenvalue weighted by atomic mass is 10.1. The van der Waals surface area contributed by atoms with Gasteiger partial charge in [0.2, 0.25) is 0 Å². The molecule has 0 amide bonds. The molecule has 0 spiro atoms. The zero-order chi connectivity index (χ0) is 16.6. The van der Waals surface area contributed by atoms with Crippen molar-refractivity contribution in [2.75, 3.05) is 0 Å². The van der Waals surface area contributed by atoms with Crippen LogP contribution in [-0.4, -0.2) is 14.9 Å². The lowest BCUT2D eigenvalue weighted by Gasteiger charge is -2.11. The zero-order valence-corrected chi connectivity index (χ0v) is 15.9. The van der Waals surface area contributed by atoms with Crippen LogP contribution in [0.5, 0.6) is 0 Å². The number of benzene rings is 2. The molecule has 23 heavy (non-hydrogen) atoms. The van der Waals surface area contributed by atoms with E-state index < -0.39 is 0 Å². The van der Waals surface area contributed by atoms with Crippen LogP contribution in [0, 0.1) is 10.5 Å². The van der Waals surface area contributed by atoms with E-state index in [0.717, 1.165) is 26.1 Å². The second-order valence-electron chi connectivity index (χ2n) is 5.09. The summed E-state index contributed by atoms with van der Waals surface area (Å²) in [7, 11) is 0. The molecule has 0 aliphatic rings. The van der Waals surface area contributed by atoms with Gasteiger partial charge in [-0.05, 0) is 59.8 Å². The molecule has 3 rings (SSSR count). The number of nitrogens with zero attached hydrogens (tertiary/aromatic N) is 2. The molecule has 0 bridgehead atoms. The summed E-state index contributed by atoms with van der Waals surface area (Å²) in [6.07, 6.45) is 0. The number of hydrogen-bond donors (Lipinski definition) is 1. The van der Waals surface area contributed by atoms with Crippen molar-refractivity contribution < 1.29 is 5.11 Å². The Morgan fingerprint density at radius 1 is 1.13 bits per heavy atom. The molecule has 6 heteroatoms. The first-order chi connectivity index (χ1) is 11.0. The summed E-state index contributed by atoms with van der Waals surface area (Å²) in [5, 5.41) is 15.2. The lowest BCUT2D eigenvalue weighted by Crippen LogP contribution is -2.01. The van der Waals surface area contributed by atoms with E-state index in [4.69, 9.17) is 23.2 Å². The Hall–Kier alpha value is -1.08. The summed E-state index contributed by atoms with van der Waals surface area (Å²) in [4.78, 5) is 0. The van der Waals surface area contributed by atoms with Gasteiger partial charge in [-0.2, -0.15) is 5.10 Å². The second-order valence-corrected chi connectivity index (χ2v) is 7.18. The normalized spacial score (nSPS) is 11.0. The van der Waals surface area contributed by atoms with E-state index in [2.05, 4.69) is 27.7 Å². The fourth-order valence-electron chi connectivity index (χ4n) is 2.47. The Morgan fingerprint density at radius 2 is 1.83 bits per heavy atom. The maximum Gasteiger partial charge on any atom is 0.0919 e. The molecule has 0 saturated heterocycles. The average Bonchev–Trinajstić information content (AvgIpc) is 2.85. The maximum atomic E-state index is 9.58. The van der Waals surface area contributed by atoms with Crippen molar-refractivity contribution in [2.45, 2.75) is 13.5 Å². The van der Waals surface area contributed by atoms with Crippen molar-refractivity contribution in [2.24, 2.45) is 0 Å². The van der Waals surface area contributed by atoms with Gasteiger partial charge in [0.15, 0.2) is 0 Å². The van der Waals surface area contributed by atoms with Crippen molar-refractivity contribution >= 4 is 45.8 Å². The van der Waals surface area contributed by atoms with Crippen molar-refractivity contribution in [1.82, 2.24) is 9.78 Å². The summed E-state index contributed by atoms with van der Waals surface area (Å²) >= 11 is 14.6. The van der Waals surface area contributed by atoms with E-state index in [1.165, 1.54) is 0 Å². The predicted molar refractivity (Wildman–Crippen MR) is 102 cm³/mol. The Bertz CT molecular complexity index is 860. The third kappa shape index (κ3) is 3.26. The van der Waals surface area contributed by atoms with Gasteiger partial charge in [0.25, 0.3) is 0 Å². The average molecular weight is 459 g/mol. The molecule has 0 radical (unpaired) electrons. The highest BCUT2D eigenvalue weighted by Gasteiger charge is 2.18. The highest BCUT2D eigenvalue weighted by Crippen LogP contribution is 2.32. The maximum absolute atomic E-state index is 9.58. The number of hydrogen-bond acceptors (Lipinski definition) is 2. The van der Waals surface area contributed by atoms with Crippen LogP contribution in [0.25, 0.3) is 16.9 Å². The highest BCUT2D eigenvalue weighted by molar-refractivity contribution is 14.1. The molecular weight excluding hydrogens is 446 g/mol. The van der Waals surface area contributed by atoms with Crippen LogP contribution in [-0.2, 0) is 6.61 Å². The minimum Gasteiger partial charge on any atom is -0.390 e. The first kappa shape index (κ1) is 16.8. The third-order valence-corrected chi connectivity index (χ3v) is 4.88. The molecule has 0 aliphatic carbocycles. The minimum absolute atomic E-state index is 0.124. The monoisotopic (exact) mass is 458 g/mol. The summed E-state index contributed by atoms with van der Waals surface area (Å²) < 4.78 is 2.92. The first-order valence-electron chi connectivity index (χ1n) is 6.92. The molecule has 0 aliphatic heterocycles. The van der Waals surface area contributed by atoms with Gasteiger partial charge in [-0.1, -0.05) is 35.3 Å². The summed E-state index contributed by atoms with van der Waals surface area (Å²) in [6, 6.07) is 13.4. The number of rotatable bonds is 3. The SMILES string of the molecule is Cc1c(CO)nn(-c2ccc(Cl)cc2Cl)c1-c1ccc(I)cc1. The molecule has 0 atom stereocenters. The van der Waals surface area contributed by atoms with Crippen LogP contribution in [0.15, 0.2) is 42.5 Å². The van der Waals surface area contributed by atoms with E-state index in [-0.39, 0.29) is 6.61 Å². The Kier molecular flexibility index (Phi) is 4.96. The van der Waals surface area contributed by atoms with E-state index >= 15 is 0 Å². The standard InChI is InChI=1S/C17H13Cl2IN2O/c1-10-15(9-23)21-22(16-7-4-12(18)8-14(16)19)17(10)11-2-5-13(20)6-3-11/h2-8,23H,9H2,1H3. The van der Waals surface area contributed by atoms with Crippen LogP contribution in [0.1, 0.15) is 11.3 Å². The molecule has 0 unspecified atom stereocenters. The Morgan fingerprint density at radius 3 is 2.43 bits per heavy atom. The number of halogens is 3. The van der Waals surface area contributed by atoms with Gasteiger partial charge in [-0.15, -0.1) is 0 Å². The molecule has 0 fully saturated rings. The quantitative estimate of drug-likeness (QED) is 0.544. The predicted octanol–water partition coefficient (Wildman–Crippen LogP) is 5.25. The van der Waals surface area contributed by atoms with Crippen LogP contribution >= 0.6 is 45.8 Å². The smallest absolute Gasteiger partial charge is 0.0919 e. The second kappa shape index (κ2) is 6.81. The van der Waals surface area contributed by atoms with Crippen LogP contribution in [0.4, 0.5) is 0 Å². The lowest BCUT2D eigenvalue weighted by molar-refractivity contribution is 0.275. The number of aromatic nitrogens is 2. The number of aliphatic hydroxyl groups is 1. The number of aliphatic hydroxyl groups excluding tert-OH is 1. The van der Waals surface area contributed by atoms with Gasteiger partial charge in [0.05, 0.1) is 28.7 Å². The zero-order valence-electron chi connectivity index (χ0n) is 12.2. The van der Waals surface area contributed by atoms with Gasteiger partial charge in [-0.25, -0.2) is 4.68 Å². The molecule has 118 valence electrons. The molecule has 3 aromatic rings. The largest absolute Gasteiger partial charge is 0.390 e. The summed E-state index contributed by atoms with van der Waals surface area (Å²) in [6.45, 7) is 1.83. The van der Waals surface area contributed by atoms with Gasteiger partial charge < -0.3 is 5.11 Å². The molecule has 1 N–H and O–H groups in total. The van der Waals surface area contributed by atoms with E-state index in [1.807, 2.05) is 37.3 Å². The highest BCUT2D eigenvalue weighted by atomic mass is 127. The third-order valence-electron chi connectivity index (χ3n) is 3.63. The van der Waals surface area contributed by atoms with E-state index in [9.17, 15) is 5.11 Å². The molecule has 0 saturated carbocycles. The molecule has 1 heterocycles. The van der Waals surface area contributed by atoms with Gasteiger partial charge in [0.1, 0.15) is 0 Å². The fraction of sp³-hybridized carbons (Fsp3) is 0.118. The van der Waals surface area contributed by atoms with Crippen molar-refractivity contribution in [3.8, 4) is 16.9 Å². The van der Waals surface area contributed by atoms with Crippen LogP contribution in [0.2, 0.25) is 10.0 Å². The van der Waals surface area contributed by atoms with Gasteiger partial charge in [-0.3, -0.25) is 0 Å². The summed E-state index contributed by atoms with van der Waals surface area (Å²) in [5.41, 5.74) is 4.22. The van der Waals surface area contributed by atoms with Crippen molar-refractivity contribution in [3.05, 3.63) is 67.3 Å². The molecule has 1 aromatic heterocycles. The van der Waals surface area contributed by atoms with E-state index in [0.29, 0.717) is 15.7 Å². The molecule has 3 nitrogen and oxygen atoms in total. The Balaban J connectivity index is 2.26. The minimum atomic E-state index is -0.124. The van der Waals surface area contributed by atoms with Crippen LogP contribution in [0.3, 0.4) is 0 Å². The Labute approximate surface area is 158 Å². The van der Waals surface area contributed by atoms with E-state index in [1.54, 1.807) is 16.8 Å². The van der Waals surface area contributed by atoms with Crippen LogP contribution < -0.4 is 0 Å². The molecular formula is C17H13Cl2IN2O.